The van der Waals surface area contributed by atoms with Gasteiger partial charge in [-0.1, -0.05) is 26.7 Å². The first-order chi connectivity index (χ1) is 5.61. The van der Waals surface area contributed by atoms with Crippen molar-refractivity contribution in [1.82, 2.24) is 5.32 Å². The number of carboxylic acids is 1. The van der Waals surface area contributed by atoms with Crippen LogP contribution in [0.3, 0.4) is 0 Å². The average molecular weight is 173 g/mol. The van der Waals surface area contributed by atoms with E-state index >= 15 is 0 Å². The Morgan fingerprint density at radius 1 is 1.42 bits per heavy atom. The molecule has 1 atom stereocenters. The van der Waals surface area contributed by atoms with Crippen LogP contribution in [0.5, 0.6) is 0 Å². The van der Waals surface area contributed by atoms with Gasteiger partial charge in [0, 0.05) is 0 Å². The number of carbonyl (C=O) groups is 1. The fourth-order valence-corrected chi connectivity index (χ4v) is 1.01. The summed E-state index contributed by atoms with van der Waals surface area (Å²) in [6.45, 7) is 6.73. The summed E-state index contributed by atoms with van der Waals surface area (Å²) in [7, 11) is 0. The number of hydrogen-bond donors (Lipinski definition) is 2. The topological polar surface area (TPSA) is 49.3 Å². The van der Waals surface area contributed by atoms with Crippen LogP contribution in [0, 0.1) is 5.92 Å². The Labute approximate surface area is 74.2 Å². The molecule has 0 saturated heterocycles. The van der Waals surface area contributed by atoms with E-state index in [1.54, 1.807) is 6.92 Å². The smallest absolute Gasteiger partial charge is 0.320 e. The summed E-state index contributed by atoms with van der Waals surface area (Å²) < 4.78 is 0. The number of hydrogen-bond acceptors (Lipinski definition) is 2. The van der Waals surface area contributed by atoms with Gasteiger partial charge >= 0.3 is 5.97 Å². The van der Waals surface area contributed by atoms with Gasteiger partial charge in [0.1, 0.15) is 6.04 Å². The Morgan fingerprint density at radius 2 is 1.92 bits per heavy atom. The Balaban J connectivity index is 3.58. The van der Waals surface area contributed by atoms with Crippen molar-refractivity contribution in [1.29, 1.82) is 0 Å². The lowest BCUT2D eigenvalue weighted by Crippen LogP contribution is -2.36. The van der Waals surface area contributed by atoms with Crippen LogP contribution in [-0.4, -0.2) is 23.7 Å². The minimum Gasteiger partial charge on any atom is -0.480 e. The molecular formula is C9H19NO2. The normalized spacial score (nSPS) is 13.3. The molecule has 0 aliphatic rings. The van der Waals surface area contributed by atoms with Crippen molar-refractivity contribution < 1.29 is 9.90 Å². The molecule has 0 fully saturated rings. The van der Waals surface area contributed by atoms with Crippen molar-refractivity contribution in [2.45, 2.75) is 39.7 Å². The highest BCUT2D eigenvalue weighted by Gasteiger charge is 2.11. The third-order valence-electron chi connectivity index (χ3n) is 2.24. The molecule has 0 aliphatic heterocycles. The number of carboxylic acid groups (broad SMARTS) is 1. The third-order valence-corrected chi connectivity index (χ3v) is 2.24. The number of rotatable bonds is 6. The lowest BCUT2D eigenvalue weighted by Gasteiger charge is -2.15. The van der Waals surface area contributed by atoms with Crippen LogP contribution in [0.4, 0.5) is 0 Å². The Kier molecular flexibility index (Phi) is 5.72. The zero-order valence-corrected chi connectivity index (χ0v) is 8.13. The molecule has 12 heavy (non-hydrogen) atoms. The molecule has 0 heterocycles. The lowest BCUT2D eigenvalue weighted by atomic mass is 10.0. The molecule has 2 N–H and O–H groups in total. The molecule has 0 amide bonds. The van der Waals surface area contributed by atoms with Crippen LogP contribution in [0.1, 0.15) is 33.6 Å². The van der Waals surface area contributed by atoms with Gasteiger partial charge < -0.3 is 10.4 Å². The summed E-state index contributed by atoms with van der Waals surface area (Å²) in [6.07, 6.45) is 2.21. The maximum Gasteiger partial charge on any atom is 0.320 e. The van der Waals surface area contributed by atoms with E-state index in [4.69, 9.17) is 5.11 Å². The van der Waals surface area contributed by atoms with Crippen molar-refractivity contribution in [3.63, 3.8) is 0 Å². The molecule has 3 nitrogen and oxygen atoms in total. The van der Waals surface area contributed by atoms with E-state index in [1.165, 1.54) is 0 Å². The standard InChI is InChI=1S/C9H19NO2/c1-4-8(5-2)6-10-7(3)9(11)12/h7-8,10H,4-6H2,1-3H3,(H,11,12)/t7-/m0/s1. The summed E-state index contributed by atoms with van der Waals surface area (Å²) >= 11 is 0. The zero-order chi connectivity index (χ0) is 9.56. The van der Waals surface area contributed by atoms with Crippen molar-refractivity contribution in [3.8, 4) is 0 Å². The van der Waals surface area contributed by atoms with E-state index in [9.17, 15) is 4.79 Å². The van der Waals surface area contributed by atoms with Gasteiger partial charge in [0.05, 0.1) is 0 Å². The van der Waals surface area contributed by atoms with E-state index in [2.05, 4.69) is 19.2 Å². The average Bonchev–Trinajstić information content (AvgIpc) is 2.05. The number of nitrogens with one attached hydrogen (secondary N) is 1. The summed E-state index contributed by atoms with van der Waals surface area (Å²) in [5.74, 6) is -0.173. The van der Waals surface area contributed by atoms with Crippen molar-refractivity contribution in [2.24, 2.45) is 5.92 Å². The van der Waals surface area contributed by atoms with Gasteiger partial charge in [0.25, 0.3) is 0 Å². The second-order valence-electron chi connectivity index (χ2n) is 3.15. The van der Waals surface area contributed by atoms with Gasteiger partial charge in [0.2, 0.25) is 0 Å². The van der Waals surface area contributed by atoms with Crippen LogP contribution < -0.4 is 5.32 Å². The highest BCUT2D eigenvalue weighted by Crippen LogP contribution is 2.05. The first-order valence-corrected chi connectivity index (χ1v) is 4.57. The van der Waals surface area contributed by atoms with Gasteiger partial charge in [0.15, 0.2) is 0 Å². The fraction of sp³-hybridized carbons (Fsp3) is 0.889. The molecule has 72 valence electrons. The van der Waals surface area contributed by atoms with Crippen molar-refractivity contribution in [3.05, 3.63) is 0 Å². The fourth-order valence-electron chi connectivity index (χ4n) is 1.01. The summed E-state index contributed by atoms with van der Waals surface area (Å²) in [5.41, 5.74) is 0. The third kappa shape index (κ3) is 4.34. The van der Waals surface area contributed by atoms with Crippen LogP contribution in [-0.2, 0) is 4.79 Å². The van der Waals surface area contributed by atoms with E-state index < -0.39 is 12.0 Å². The predicted molar refractivity (Wildman–Crippen MR) is 49.2 cm³/mol. The SMILES string of the molecule is CCC(CC)CN[C@@H](C)C(=O)O. The first kappa shape index (κ1) is 11.4. The maximum atomic E-state index is 10.4. The van der Waals surface area contributed by atoms with Crippen molar-refractivity contribution in [2.75, 3.05) is 6.54 Å². The minimum absolute atomic E-state index is 0.425. The van der Waals surface area contributed by atoms with E-state index in [0.717, 1.165) is 19.4 Å². The first-order valence-electron chi connectivity index (χ1n) is 4.57. The molecule has 0 aromatic carbocycles. The summed E-state index contributed by atoms with van der Waals surface area (Å²) in [4.78, 5) is 10.4. The highest BCUT2D eigenvalue weighted by atomic mass is 16.4. The highest BCUT2D eigenvalue weighted by molar-refractivity contribution is 5.72. The second-order valence-corrected chi connectivity index (χ2v) is 3.15. The van der Waals surface area contributed by atoms with Crippen molar-refractivity contribution >= 4 is 5.97 Å². The molecule has 0 spiro atoms. The summed E-state index contributed by atoms with van der Waals surface area (Å²) in [5, 5.41) is 11.6. The molecule has 0 aromatic rings. The Hall–Kier alpha value is -0.570. The number of aliphatic carboxylic acids is 1. The van der Waals surface area contributed by atoms with E-state index in [1.807, 2.05) is 0 Å². The second kappa shape index (κ2) is 6.00. The molecule has 0 saturated carbocycles. The largest absolute Gasteiger partial charge is 0.480 e. The van der Waals surface area contributed by atoms with Crippen LogP contribution in [0.25, 0.3) is 0 Å². The molecule has 3 heteroatoms. The van der Waals surface area contributed by atoms with Crippen LogP contribution >= 0.6 is 0 Å². The van der Waals surface area contributed by atoms with Gasteiger partial charge in [-0.05, 0) is 19.4 Å². The molecular weight excluding hydrogens is 154 g/mol. The van der Waals surface area contributed by atoms with Crippen LogP contribution in [0.2, 0.25) is 0 Å². The predicted octanol–water partition coefficient (Wildman–Crippen LogP) is 1.49. The lowest BCUT2D eigenvalue weighted by molar-refractivity contribution is -0.139. The quantitative estimate of drug-likeness (QED) is 0.639. The van der Waals surface area contributed by atoms with Gasteiger partial charge in [-0.15, -0.1) is 0 Å². The van der Waals surface area contributed by atoms with E-state index in [-0.39, 0.29) is 0 Å². The van der Waals surface area contributed by atoms with Gasteiger partial charge in [-0.3, -0.25) is 4.79 Å². The van der Waals surface area contributed by atoms with Gasteiger partial charge in [-0.2, -0.15) is 0 Å². The van der Waals surface area contributed by atoms with Gasteiger partial charge in [-0.25, -0.2) is 0 Å². The molecule has 0 rings (SSSR count). The molecule has 0 unspecified atom stereocenters. The zero-order valence-electron chi connectivity index (χ0n) is 8.13. The maximum absolute atomic E-state index is 10.4. The summed E-state index contributed by atoms with van der Waals surface area (Å²) in [6, 6.07) is -0.425. The Morgan fingerprint density at radius 3 is 2.25 bits per heavy atom. The molecule has 0 bridgehead atoms. The molecule has 0 aliphatic carbocycles. The molecule has 0 radical (unpaired) electrons. The Bertz CT molecular complexity index is 132. The minimum atomic E-state index is -0.777. The monoisotopic (exact) mass is 173 g/mol. The van der Waals surface area contributed by atoms with E-state index in [0.29, 0.717) is 5.92 Å². The van der Waals surface area contributed by atoms with Crippen LogP contribution in [0.15, 0.2) is 0 Å². The molecule has 0 aromatic heterocycles.